The first-order valence-electron chi connectivity index (χ1n) is 7.41. The molecule has 4 rings (SSSR count). The summed E-state index contributed by atoms with van der Waals surface area (Å²) in [4.78, 5) is 12.2. The van der Waals surface area contributed by atoms with E-state index in [1.807, 2.05) is 12.1 Å². The van der Waals surface area contributed by atoms with Gasteiger partial charge in [0.05, 0.1) is 12.5 Å². The fraction of sp³-hybridized carbons (Fsp3) is 0.389. The molecule has 2 aliphatic carbocycles. The molecule has 1 aromatic rings. The molecule has 0 radical (unpaired) electrons. The summed E-state index contributed by atoms with van der Waals surface area (Å²) < 4.78 is 11.2. The van der Waals surface area contributed by atoms with Crippen LogP contribution in [0.2, 0.25) is 0 Å². The third-order valence-electron chi connectivity index (χ3n) is 5.15. The maximum atomic E-state index is 12.2. The van der Waals surface area contributed by atoms with Gasteiger partial charge in [0.15, 0.2) is 0 Å². The average molecular weight is 282 g/mol. The van der Waals surface area contributed by atoms with Crippen LogP contribution in [-0.2, 0) is 4.79 Å². The second-order valence-corrected chi connectivity index (χ2v) is 6.19. The highest BCUT2D eigenvalue weighted by Crippen LogP contribution is 2.53. The largest absolute Gasteiger partial charge is 0.497 e. The number of methoxy groups -OCH3 is 1. The molecule has 21 heavy (non-hydrogen) atoms. The van der Waals surface area contributed by atoms with E-state index >= 15 is 0 Å². The van der Waals surface area contributed by atoms with Crippen LogP contribution in [0.1, 0.15) is 31.7 Å². The first-order valence-corrected chi connectivity index (χ1v) is 7.41. The number of ketones is 1. The molecule has 0 aromatic heterocycles. The lowest BCUT2D eigenvalue weighted by molar-refractivity contribution is -0.124. The normalized spacial score (nSPS) is 26.6. The standard InChI is InChI=1S/C18H18O3/c1-18-8-7-12-13-4-3-11(20-2)9-16(13)21-10-14(12)15(18)5-6-17(18)19/h3-5,9H,6-8,10H2,1-2H3/t18-/m1/s1. The smallest absolute Gasteiger partial charge is 0.146 e. The lowest BCUT2D eigenvalue weighted by Gasteiger charge is -2.37. The Hall–Kier alpha value is -2.03. The molecule has 3 heteroatoms. The number of ether oxygens (including phenoxy) is 2. The van der Waals surface area contributed by atoms with Gasteiger partial charge in [-0.1, -0.05) is 6.08 Å². The molecule has 0 spiro atoms. The molecule has 3 nitrogen and oxygen atoms in total. The summed E-state index contributed by atoms with van der Waals surface area (Å²) in [6.07, 6.45) is 4.52. The molecule has 1 aliphatic heterocycles. The predicted molar refractivity (Wildman–Crippen MR) is 80.5 cm³/mol. The zero-order valence-corrected chi connectivity index (χ0v) is 12.4. The van der Waals surface area contributed by atoms with Crippen molar-refractivity contribution < 1.29 is 14.3 Å². The van der Waals surface area contributed by atoms with E-state index in [4.69, 9.17) is 9.47 Å². The summed E-state index contributed by atoms with van der Waals surface area (Å²) in [7, 11) is 1.66. The van der Waals surface area contributed by atoms with Crippen LogP contribution in [0.15, 0.2) is 35.4 Å². The molecular formula is C18H18O3. The Morgan fingerprint density at radius 2 is 2.14 bits per heavy atom. The van der Waals surface area contributed by atoms with E-state index in [0.717, 1.165) is 29.9 Å². The number of hydrogen-bond acceptors (Lipinski definition) is 3. The zero-order valence-electron chi connectivity index (χ0n) is 12.4. The Balaban J connectivity index is 1.85. The van der Waals surface area contributed by atoms with Crippen molar-refractivity contribution in [2.75, 3.05) is 13.7 Å². The second-order valence-electron chi connectivity index (χ2n) is 6.19. The molecule has 0 amide bonds. The molecule has 1 aromatic carbocycles. The molecule has 0 saturated heterocycles. The fourth-order valence-corrected chi connectivity index (χ4v) is 3.82. The minimum absolute atomic E-state index is 0.286. The Kier molecular flexibility index (Phi) is 2.56. The van der Waals surface area contributed by atoms with E-state index in [9.17, 15) is 4.79 Å². The summed E-state index contributed by atoms with van der Waals surface area (Å²) in [5.74, 6) is 2.06. The van der Waals surface area contributed by atoms with Crippen molar-refractivity contribution in [2.24, 2.45) is 5.41 Å². The Morgan fingerprint density at radius 1 is 1.29 bits per heavy atom. The molecule has 0 N–H and O–H groups in total. The molecule has 1 heterocycles. The summed E-state index contributed by atoms with van der Waals surface area (Å²) in [5, 5.41) is 0. The third kappa shape index (κ3) is 1.63. The SMILES string of the molecule is COc1ccc2c(c1)OCC1=C2CC[C@@]2(C)C(=O)CC=C12. The average Bonchev–Trinajstić information content (AvgIpc) is 2.82. The van der Waals surface area contributed by atoms with Gasteiger partial charge in [-0.2, -0.15) is 0 Å². The van der Waals surface area contributed by atoms with E-state index in [-0.39, 0.29) is 5.41 Å². The second kappa shape index (κ2) is 4.23. The van der Waals surface area contributed by atoms with Crippen molar-refractivity contribution in [2.45, 2.75) is 26.2 Å². The van der Waals surface area contributed by atoms with E-state index in [1.165, 1.54) is 16.7 Å². The monoisotopic (exact) mass is 282 g/mol. The van der Waals surface area contributed by atoms with Crippen molar-refractivity contribution >= 4 is 11.4 Å². The van der Waals surface area contributed by atoms with Gasteiger partial charge in [0.1, 0.15) is 23.9 Å². The molecule has 3 aliphatic rings. The van der Waals surface area contributed by atoms with E-state index in [2.05, 4.69) is 19.1 Å². The summed E-state index contributed by atoms with van der Waals surface area (Å²) >= 11 is 0. The molecule has 108 valence electrons. The molecule has 1 atom stereocenters. The van der Waals surface area contributed by atoms with Crippen molar-refractivity contribution in [3.05, 3.63) is 41.0 Å². The van der Waals surface area contributed by atoms with E-state index in [0.29, 0.717) is 18.8 Å². The maximum absolute atomic E-state index is 12.2. The van der Waals surface area contributed by atoms with Crippen LogP contribution < -0.4 is 9.47 Å². The number of rotatable bonds is 1. The Bertz CT molecular complexity index is 711. The number of hydrogen-bond donors (Lipinski definition) is 0. The van der Waals surface area contributed by atoms with E-state index < -0.39 is 0 Å². The lowest BCUT2D eigenvalue weighted by atomic mass is 9.68. The quantitative estimate of drug-likeness (QED) is 0.790. The highest BCUT2D eigenvalue weighted by atomic mass is 16.5. The predicted octanol–water partition coefficient (Wildman–Crippen LogP) is 3.54. The van der Waals surface area contributed by atoms with Crippen LogP contribution in [0.4, 0.5) is 0 Å². The lowest BCUT2D eigenvalue weighted by Crippen LogP contribution is -2.32. The molecular weight excluding hydrogens is 264 g/mol. The van der Waals surface area contributed by atoms with Gasteiger partial charge >= 0.3 is 0 Å². The number of Topliss-reactive ketones (excluding diaryl/α,β-unsaturated/α-hetero) is 1. The fourth-order valence-electron chi connectivity index (χ4n) is 3.82. The summed E-state index contributed by atoms with van der Waals surface area (Å²) in [6, 6.07) is 5.99. The Labute approximate surface area is 124 Å². The third-order valence-corrected chi connectivity index (χ3v) is 5.15. The molecule has 0 saturated carbocycles. The molecule has 0 fully saturated rings. The summed E-state index contributed by atoms with van der Waals surface area (Å²) in [6.45, 7) is 2.64. The topological polar surface area (TPSA) is 35.5 Å². The van der Waals surface area contributed by atoms with Crippen LogP contribution >= 0.6 is 0 Å². The van der Waals surface area contributed by atoms with Gasteiger partial charge in [0.2, 0.25) is 0 Å². The summed E-state index contributed by atoms with van der Waals surface area (Å²) in [5.41, 5.74) is 4.64. The number of allylic oxidation sites excluding steroid dienone is 2. The van der Waals surface area contributed by atoms with Crippen molar-refractivity contribution in [1.29, 1.82) is 0 Å². The van der Waals surface area contributed by atoms with Gasteiger partial charge in [-0.3, -0.25) is 4.79 Å². The number of carbonyl (C=O) groups excluding carboxylic acids is 1. The maximum Gasteiger partial charge on any atom is 0.146 e. The van der Waals surface area contributed by atoms with Crippen LogP contribution in [0, 0.1) is 5.41 Å². The van der Waals surface area contributed by atoms with Crippen LogP contribution in [0.3, 0.4) is 0 Å². The van der Waals surface area contributed by atoms with Crippen LogP contribution in [0.25, 0.3) is 5.57 Å². The van der Waals surface area contributed by atoms with Gasteiger partial charge in [0, 0.05) is 18.1 Å². The number of fused-ring (bicyclic) bond motifs is 4. The van der Waals surface area contributed by atoms with Gasteiger partial charge in [-0.25, -0.2) is 0 Å². The van der Waals surface area contributed by atoms with E-state index in [1.54, 1.807) is 7.11 Å². The minimum atomic E-state index is -0.286. The van der Waals surface area contributed by atoms with Gasteiger partial charge in [0.25, 0.3) is 0 Å². The minimum Gasteiger partial charge on any atom is -0.497 e. The van der Waals surface area contributed by atoms with Crippen molar-refractivity contribution in [3.63, 3.8) is 0 Å². The first-order chi connectivity index (χ1) is 10.1. The highest BCUT2D eigenvalue weighted by molar-refractivity contribution is 5.96. The Morgan fingerprint density at radius 3 is 2.95 bits per heavy atom. The van der Waals surface area contributed by atoms with Gasteiger partial charge < -0.3 is 9.47 Å². The van der Waals surface area contributed by atoms with Crippen molar-refractivity contribution in [1.82, 2.24) is 0 Å². The highest BCUT2D eigenvalue weighted by Gasteiger charge is 2.45. The van der Waals surface area contributed by atoms with Gasteiger partial charge in [-0.05, 0) is 48.6 Å². The van der Waals surface area contributed by atoms with Gasteiger partial charge in [-0.15, -0.1) is 0 Å². The molecule has 0 unspecified atom stereocenters. The number of carbonyl (C=O) groups is 1. The van der Waals surface area contributed by atoms with Crippen LogP contribution in [0.5, 0.6) is 11.5 Å². The first kappa shape index (κ1) is 12.7. The molecule has 0 bridgehead atoms. The van der Waals surface area contributed by atoms with Crippen LogP contribution in [-0.4, -0.2) is 19.5 Å². The van der Waals surface area contributed by atoms with Crippen molar-refractivity contribution in [3.8, 4) is 11.5 Å². The number of benzene rings is 1. The zero-order chi connectivity index (χ0) is 14.6.